The summed E-state index contributed by atoms with van der Waals surface area (Å²) in [5, 5.41) is 10.7. The molecule has 144 valence electrons. The highest BCUT2D eigenvalue weighted by atomic mass is 32.2. The van der Waals surface area contributed by atoms with Crippen molar-refractivity contribution in [2.45, 2.75) is 4.90 Å². The number of benzene rings is 2. The van der Waals surface area contributed by atoms with Gasteiger partial charge in [0.1, 0.15) is 10.6 Å². The Balaban J connectivity index is 1.95. The van der Waals surface area contributed by atoms with Gasteiger partial charge in [0.15, 0.2) is 0 Å². The number of hydrogen-bond donors (Lipinski definition) is 0. The van der Waals surface area contributed by atoms with E-state index in [1.165, 1.54) is 42.6 Å². The number of nitro groups is 1. The average Bonchev–Trinajstić information content (AvgIpc) is 2.68. The maximum Gasteiger partial charge on any atom is 0.341 e. The zero-order chi connectivity index (χ0) is 20.3. The fraction of sp³-hybridized carbons (Fsp3) is 0.105. The van der Waals surface area contributed by atoms with Gasteiger partial charge in [-0.2, -0.15) is 8.42 Å². The van der Waals surface area contributed by atoms with E-state index in [2.05, 4.69) is 4.98 Å². The molecule has 0 fully saturated rings. The first-order valence-electron chi connectivity index (χ1n) is 8.19. The van der Waals surface area contributed by atoms with E-state index >= 15 is 0 Å². The zero-order valence-electron chi connectivity index (χ0n) is 15.1. The number of anilines is 1. The maximum atomic E-state index is 12.8. The second-order valence-corrected chi connectivity index (χ2v) is 7.59. The predicted octanol–water partition coefficient (Wildman–Crippen LogP) is 3.49. The van der Waals surface area contributed by atoms with Crippen molar-refractivity contribution in [3.63, 3.8) is 0 Å². The highest BCUT2D eigenvalue weighted by Gasteiger charge is 2.23. The molecule has 8 nitrogen and oxygen atoms in total. The molecule has 0 amide bonds. The van der Waals surface area contributed by atoms with Gasteiger partial charge >= 0.3 is 10.1 Å². The van der Waals surface area contributed by atoms with Gasteiger partial charge < -0.3 is 9.08 Å². The molecule has 9 heteroatoms. The van der Waals surface area contributed by atoms with E-state index in [0.717, 1.165) is 5.69 Å². The monoisotopic (exact) mass is 399 g/mol. The number of rotatable bonds is 6. The molecule has 0 aliphatic carbocycles. The average molecular weight is 399 g/mol. The standard InChI is InChI=1S/C19H17N3O5S/c1-21(2)15-7-5-14(6-8-15)19-18(4-3-13-20-19)28(25,26)27-17-11-9-16(10-12-17)22(23)24/h3-13H,1-2H3. The van der Waals surface area contributed by atoms with Crippen LogP contribution in [0.2, 0.25) is 0 Å². The molecular weight excluding hydrogens is 382 g/mol. The number of aromatic nitrogens is 1. The number of nitro benzene ring substituents is 1. The van der Waals surface area contributed by atoms with Gasteiger partial charge in [-0.3, -0.25) is 15.1 Å². The lowest BCUT2D eigenvalue weighted by molar-refractivity contribution is -0.384. The van der Waals surface area contributed by atoms with Crippen LogP contribution < -0.4 is 9.08 Å². The summed E-state index contributed by atoms with van der Waals surface area (Å²) in [4.78, 5) is 16.2. The molecule has 0 atom stereocenters. The van der Waals surface area contributed by atoms with Gasteiger partial charge in [0.05, 0.1) is 10.6 Å². The van der Waals surface area contributed by atoms with E-state index in [9.17, 15) is 18.5 Å². The number of non-ortho nitro benzene ring substituents is 1. The molecule has 2 aromatic carbocycles. The van der Waals surface area contributed by atoms with Gasteiger partial charge in [-0.1, -0.05) is 12.1 Å². The third kappa shape index (κ3) is 4.09. The Morgan fingerprint density at radius 3 is 2.21 bits per heavy atom. The second kappa shape index (κ2) is 7.65. The molecular formula is C19H17N3O5S. The van der Waals surface area contributed by atoms with Crippen LogP contribution >= 0.6 is 0 Å². The Labute approximate surface area is 162 Å². The lowest BCUT2D eigenvalue weighted by Gasteiger charge is -2.14. The van der Waals surface area contributed by atoms with Gasteiger partial charge in [0, 0.05) is 43.7 Å². The van der Waals surface area contributed by atoms with Crippen molar-refractivity contribution >= 4 is 21.5 Å². The lowest BCUT2D eigenvalue weighted by Crippen LogP contribution is -2.12. The summed E-state index contributed by atoms with van der Waals surface area (Å²) in [6.45, 7) is 0. The van der Waals surface area contributed by atoms with E-state index in [-0.39, 0.29) is 22.0 Å². The summed E-state index contributed by atoms with van der Waals surface area (Å²) in [6, 6.07) is 15.0. The number of nitrogens with zero attached hydrogens (tertiary/aromatic N) is 3. The van der Waals surface area contributed by atoms with Crippen LogP contribution in [0.3, 0.4) is 0 Å². The molecule has 3 rings (SSSR count). The maximum absolute atomic E-state index is 12.8. The molecule has 0 radical (unpaired) electrons. The topological polar surface area (TPSA) is 103 Å². The third-order valence-corrected chi connectivity index (χ3v) is 5.23. The van der Waals surface area contributed by atoms with Crippen molar-refractivity contribution in [3.05, 3.63) is 77.0 Å². The molecule has 0 saturated carbocycles. The summed E-state index contributed by atoms with van der Waals surface area (Å²) < 4.78 is 30.7. The number of pyridine rings is 1. The van der Waals surface area contributed by atoms with E-state index in [4.69, 9.17) is 4.18 Å². The Bertz CT molecular complexity index is 1100. The van der Waals surface area contributed by atoms with Crippen LogP contribution in [0.5, 0.6) is 5.75 Å². The molecule has 0 spiro atoms. The van der Waals surface area contributed by atoms with Crippen molar-refractivity contribution in [2.75, 3.05) is 19.0 Å². The van der Waals surface area contributed by atoms with Gasteiger partial charge in [-0.25, -0.2) is 0 Å². The van der Waals surface area contributed by atoms with Crippen molar-refractivity contribution < 1.29 is 17.5 Å². The van der Waals surface area contributed by atoms with Gasteiger partial charge in [-0.05, 0) is 36.4 Å². The normalized spacial score (nSPS) is 11.1. The highest BCUT2D eigenvalue weighted by molar-refractivity contribution is 7.87. The molecule has 0 aliphatic rings. The summed E-state index contributed by atoms with van der Waals surface area (Å²) in [6.07, 6.45) is 1.50. The Kier molecular flexibility index (Phi) is 5.27. The molecule has 0 saturated heterocycles. The van der Waals surface area contributed by atoms with Crippen LogP contribution in [0.25, 0.3) is 11.3 Å². The molecule has 1 heterocycles. The zero-order valence-corrected chi connectivity index (χ0v) is 16.0. The molecule has 0 unspecified atom stereocenters. The predicted molar refractivity (Wildman–Crippen MR) is 105 cm³/mol. The Hall–Kier alpha value is -3.46. The van der Waals surface area contributed by atoms with E-state index in [0.29, 0.717) is 5.56 Å². The SMILES string of the molecule is CN(C)c1ccc(-c2ncccc2S(=O)(=O)Oc2ccc([N+](=O)[O-])cc2)cc1. The van der Waals surface area contributed by atoms with Crippen LogP contribution in [0.1, 0.15) is 0 Å². The third-order valence-electron chi connectivity index (χ3n) is 3.95. The van der Waals surface area contributed by atoms with Crippen LogP contribution in [0.15, 0.2) is 71.8 Å². The quantitative estimate of drug-likeness (QED) is 0.355. The molecule has 0 bridgehead atoms. The molecule has 0 N–H and O–H groups in total. The lowest BCUT2D eigenvalue weighted by atomic mass is 10.1. The van der Waals surface area contributed by atoms with E-state index in [1.807, 2.05) is 31.1 Å². The van der Waals surface area contributed by atoms with Crippen LogP contribution in [-0.4, -0.2) is 32.4 Å². The van der Waals surface area contributed by atoms with Gasteiger partial charge in [-0.15, -0.1) is 0 Å². The first-order valence-corrected chi connectivity index (χ1v) is 9.60. The molecule has 1 aromatic heterocycles. The summed E-state index contributed by atoms with van der Waals surface area (Å²) in [5.74, 6) is -0.0247. The minimum atomic E-state index is -4.19. The fourth-order valence-corrected chi connectivity index (χ4v) is 3.63. The van der Waals surface area contributed by atoms with Crippen LogP contribution in [0, 0.1) is 10.1 Å². The van der Waals surface area contributed by atoms with Crippen molar-refractivity contribution in [2.24, 2.45) is 0 Å². The van der Waals surface area contributed by atoms with Gasteiger partial charge in [0.25, 0.3) is 5.69 Å². The van der Waals surface area contributed by atoms with E-state index in [1.54, 1.807) is 12.1 Å². The minimum absolute atomic E-state index is 0.0247. The second-order valence-electron chi connectivity index (χ2n) is 6.08. The summed E-state index contributed by atoms with van der Waals surface area (Å²) in [5.41, 5.74) is 1.69. The molecule has 0 aliphatic heterocycles. The number of hydrogen-bond acceptors (Lipinski definition) is 7. The van der Waals surface area contributed by atoms with Crippen molar-refractivity contribution in [1.82, 2.24) is 4.98 Å². The van der Waals surface area contributed by atoms with Crippen LogP contribution in [0.4, 0.5) is 11.4 Å². The van der Waals surface area contributed by atoms with Gasteiger partial charge in [0.2, 0.25) is 0 Å². The summed E-state index contributed by atoms with van der Waals surface area (Å²) in [7, 11) is -0.382. The minimum Gasteiger partial charge on any atom is -0.379 e. The summed E-state index contributed by atoms with van der Waals surface area (Å²) >= 11 is 0. The van der Waals surface area contributed by atoms with E-state index < -0.39 is 15.0 Å². The highest BCUT2D eigenvalue weighted by Crippen LogP contribution is 2.29. The largest absolute Gasteiger partial charge is 0.379 e. The van der Waals surface area contributed by atoms with Crippen molar-refractivity contribution in [1.29, 1.82) is 0 Å². The Morgan fingerprint density at radius 1 is 1.00 bits per heavy atom. The van der Waals surface area contributed by atoms with Crippen molar-refractivity contribution in [3.8, 4) is 17.0 Å². The Morgan fingerprint density at radius 2 is 1.64 bits per heavy atom. The van der Waals surface area contributed by atoms with Crippen LogP contribution in [-0.2, 0) is 10.1 Å². The molecule has 3 aromatic rings. The first kappa shape index (κ1) is 19.3. The smallest absolute Gasteiger partial charge is 0.341 e. The first-order chi connectivity index (χ1) is 13.3. The fourth-order valence-electron chi connectivity index (χ4n) is 2.52. The molecule has 28 heavy (non-hydrogen) atoms.